The van der Waals surface area contributed by atoms with E-state index < -0.39 is 0 Å². The summed E-state index contributed by atoms with van der Waals surface area (Å²) in [5, 5.41) is 3.69. The summed E-state index contributed by atoms with van der Waals surface area (Å²) in [5.41, 5.74) is 5.14. The molecule has 0 amide bonds. The van der Waals surface area contributed by atoms with Gasteiger partial charge in [0.1, 0.15) is 0 Å². The van der Waals surface area contributed by atoms with E-state index in [0.717, 1.165) is 23.0 Å². The molecule has 0 bridgehead atoms. The van der Waals surface area contributed by atoms with Gasteiger partial charge in [-0.05, 0) is 42.2 Å². The Morgan fingerprint density at radius 1 is 1.14 bits per heavy atom. The second kappa shape index (κ2) is 6.51. The predicted octanol–water partition coefficient (Wildman–Crippen LogP) is 5.46. The molecule has 0 spiro atoms. The van der Waals surface area contributed by atoms with Gasteiger partial charge in [-0.1, -0.05) is 50.1 Å². The highest BCUT2D eigenvalue weighted by Crippen LogP contribution is 2.38. The summed E-state index contributed by atoms with van der Waals surface area (Å²) in [6.07, 6.45) is 2.24. The number of anilines is 1. The molecule has 3 rings (SSSR count). The molecule has 1 atom stereocenters. The molecule has 1 aliphatic rings. The largest absolute Gasteiger partial charge is 0.380 e. The molecular weight excluding hydrogens is 394 g/mol. The van der Waals surface area contributed by atoms with E-state index in [-0.39, 0.29) is 0 Å². The van der Waals surface area contributed by atoms with Crippen LogP contribution in [0.2, 0.25) is 0 Å². The molecule has 2 nitrogen and oxygen atoms in total. The van der Waals surface area contributed by atoms with Gasteiger partial charge in [0.2, 0.25) is 0 Å². The fourth-order valence-corrected chi connectivity index (χ4v) is 3.99. The Kier molecular flexibility index (Phi) is 4.67. The summed E-state index contributed by atoms with van der Waals surface area (Å²) in [4.78, 5) is 0. The summed E-state index contributed by atoms with van der Waals surface area (Å²) in [7, 11) is 1.73. The highest BCUT2D eigenvalue weighted by Gasteiger charge is 2.24. The summed E-state index contributed by atoms with van der Waals surface area (Å²) < 4.78 is 7.63. The van der Waals surface area contributed by atoms with Gasteiger partial charge in [-0.2, -0.15) is 0 Å². The lowest BCUT2D eigenvalue weighted by Gasteiger charge is -2.19. The zero-order chi connectivity index (χ0) is 14.8. The third-order valence-corrected chi connectivity index (χ3v) is 5.44. The first-order chi connectivity index (χ1) is 10.2. The highest BCUT2D eigenvalue weighted by atomic mass is 79.9. The third kappa shape index (κ3) is 3.03. The van der Waals surface area contributed by atoms with Crippen LogP contribution in [0.15, 0.2) is 45.3 Å². The number of halogens is 2. The van der Waals surface area contributed by atoms with Crippen LogP contribution in [0.5, 0.6) is 0 Å². The van der Waals surface area contributed by atoms with Crippen molar-refractivity contribution in [3.63, 3.8) is 0 Å². The van der Waals surface area contributed by atoms with Crippen molar-refractivity contribution in [1.29, 1.82) is 0 Å². The maximum absolute atomic E-state index is 5.32. The minimum atomic E-state index is 0.363. The van der Waals surface area contributed by atoms with Crippen molar-refractivity contribution in [1.82, 2.24) is 0 Å². The molecule has 21 heavy (non-hydrogen) atoms. The first kappa shape index (κ1) is 15.1. The molecule has 1 unspecified atom stereocenters. The van der Waals surface area contributed by atoms with E-state index in [1.54, 1.807) is 7.11 Å². The number of rotatable bonds is 4. The first-order valence-electron chi connectivity index (χ1n) is 7.01. The van der Waals surface area contributed by atoms with Gasteiger partial charge < -0.3 is 10.1 Å². The Hall–Kier alpha value is -0.840. The van der Waals surface area contributed by atoms with Gasteiger partial charge in [0, 0.05) is 27.3 Å². The molecule has 1 aliphatic carbocycles. The molecule has 4 heteroatoms. The van der Waals surface area contributed by atoms with E-state index >= 15 is 0 Å². The van der Waals surface area contributed by atoms with Gasteiger partial charge in [-0.25, -0.2) is 0 Å². The molecule has 0 aromatic heterocycles. The van der Waals surface area contributed by atoms with Gasteiger partial charge in [-0.3, -0.25) is 0 Å². The van der Waals surface area contributed by atoms with E-state index in [1.165, 1.54) is 21.2 Å². The number of fused-ring (bicyclic) bond motifs is 1. The van der Waals surface area contributed by atoms with Crippen molar-refractivity contribution < 1.29 is 4.74 Å². The van der Waals surface area contributed by atoms with E-state index in [2.05, 4.69) is 73.6 Å². The second-order valence-electron chi connectivity index (χ2n) is 5.24. The minimum absolute atomic E-state index is 0.363. The van der Waals surface area contributed by atoms with Gasteiger partial charge in [0.05, 0.1) is 12.6 Å². The molecule has 0 saturated heterocycles. The smallest absolute Gasteiger partial charge is 0.0744 e. The molecule has 0 fully saturated rings. The van der Waals surface area contributed by atoms with Crippen LogP contribution in [0.25, 0.3) is 0 Å². The number of hydrogen-bond acceptors (Lipinski definition) is 2. The van der Waals surface area contributed by atoms with Crippen molar-refractivity contribution in [2.75, 3.05) is 12.4 Å². The van der Waals surface area contributed by atoms with E-state index in [1.807, 2.05) is 0 Å². The SMILES string of the molecule is COCc1c(Br)cccc1NC1CCc2c(Br)cccc21. The quantitative estimate of drug-likeness (QED) is 0.722. The monoisotopic (exact) mass is 409 g/mol. The topological polar surface area (TPSA) is 21.3 Å². The highest BCUT2D eigenvalue weighted by molar-refractivity contribution is 9.10. The fourth-order valence-electron chi connectivity index (χ4n) is 2.93. The predicted molar refractivity (Wildman–Crippen MR) is 93.7 cm³/mol. The zero-order valence-electron chi connectivity index (χ0n) is 11.8. The van der Waals surface area contributed by atoms with Crippen LogP contribution >= 0.6 is 31.9 Å². The van der Waals surface area contributed by atoms with Crippen LogP contribution in [0.3, 0.4) is 0 Å². The van der Waals surface area contributed by atoms with Crippen molar-refractivity contribution >= 4 is 37.5 Å². The lowest BCUT2D eigenvalue weighted by atomic mass is 10.1. The molecule has 0 saturated carbocycles. The number of methoxy groups -OCH3 is 1. The van der Waals surface area contributed by atoms with Crippen molar-refractivity contribution in [2.45, 2.75) is 25.5 Å². The Morgan fingerprint density at radius 3 is 2.71 bits per heavy atom. The van der Waals surface area contributed by atoms with Crippen LogP contribution in [-0.2, 0) is 17.8 Å². The van der Waals surface area contributed by atoms with E-state index in [4.69, 9.17) is 4.74 Å². The second-order valence-corrected chi connectivity index (χ2v) is 6.95. The lowest BCUT2D eigenvalue weighted by Crippen LogP contribution is -2.09. The molecule has 0 radical (unpaired) electrons. The average Bonchev–Trinajstić information content (AvgIpc) is 2.87. The molecule has 110 valence electrons. The van der Waals surface area contributed by atoms with Crippen LogP contribution in [0.1, 0.15) is 29.2 Å². The molecule has 0 heterocycles. The minimum Gasteiger partial charge on any atom is -0.380 e. The maximum atomic E-state index is 5.32. The Bertz CT molecular complexity index is 657. The van der Waals surface area contributed by atoms with Gasteiger partial charge in [0.15, 0.2) is 0 Å². The number of nitrogens with one attached hydrogen (secondary N) is 1. The first-order valence-corrected chi connectivity index (χ1v) is 8.59. The van der Waals surface area contributed by atoms with Crippen molar-refractivity contribution in [2.24, 2.45) is 0 Å². The van der Waals surface area contributed by atoms with Gasteiger partial charge in [-0.15, -0.1) is 0 Å². The summed E-state index contributed by atoms with van der Waals surface area (Å²) in [5.74, 6) is 0. The van der Waals surface area contributed by atoms with Crippen LogP contribution < -0.4 is 5.32 Å². The molecule has 2 aromatic rings. The summed E-state index contributed by atoms with van der Waals surface area (Å²) in [6, 6.07) is 13.0. The van der Waals surface area contributed by atoms with Crippen LogP contribution in [0.4, 0.5) is 5.69 Å². The summed E-state index contributed by atoms with van der Waals surface area (Å²) in [6.45, 7) is 0.599. The molecule has 1 N–H and O–H groups in total. The molecule has 2 aromatic carbocycles. The van der Waals surface area contributed by atoms with E-state index in [0.29, 0.717) is 12.6 Å². The Morgan fingerprint density at radius 2 is 1.90 bits per heavy atom. The fraction of sp³-hybridized carbons (Fsp3) is 0.294. The average molecular weight is 411 g/mol. The standard InChI is InChI=1S/C17H17Br2NO/c1-21-10-13-15(19)6-3-7-16(13)20-17-9-8-11-12(17)4-2-5-14(11)18/h2-7,17,20H,8-10H2,1H3. The zero-order valence-corrected chi connectivity index (χ0v) is 15.0. The number of ether oxygens (including phenoxy) is 1. The molecular formula is C17H17Br2NO. The third-order valence-electron chi connectivity index (χ3n) is 3.95. The van der Waals surface area contributed by atoms with Crippen LogP contribution in [0, 0.1) is 0 Å². The van der Waals surface area contributed by atoms with Crippen LogP contribution in [-0.4, -0.2) is 7.11 Å². The molecule has 0 aliphatic heterocycles. The van der Waals surface area contributed by atoms with Gasteiger partial charge in [0.25, 0.3) is 0 Å². The number of benzene rings is 2. The van der Waals surface area contributed by atoms with Crippen molar-refractivity contribution in [3.8, 4) is 0 Å². The summed E-state index contributed by atoms with van der Waals surface area (Å²) >= 11 is 7.27. The Balaban J connectivity index is 1.90. The van der Waals surface area contributed by atoms with Gasteiger partial charge >= 0.3 is 0 Å². The Labute approximate surface area is 142 Å². The normalized spacial score (nSPS) is 16.8. The number of hydrogen-bond donors (Lipinski definition) is 1. The van der Waals surface area contributed by atoms with Crippen molar-refractivity contribution in [3.05, 3.63) is 62.0 Å². The maximum Gasteiger partial charge on any atom is 0.0744 e. The van der Waals surface area contributed by atoms with E-state index in [9.17, 15) is 0 Å². The lowest BCUT2D eigenvalue weighted by molar-refractivity contribution is 0.185.